The van der Waals surface area contributed by atoms with Gasteiger partial charge in [-0.05, 0) is 38.2 Å². The second-order valence-corrected chi connectivity index (χ2v) is 4.34. The second-order valence-electron chi connectivity index (χ2n) is 4.34. The molecule has 5 nitrogen and oxygen atoms in total. The molecular weight excluding hydrogens is 256 g/mol. The van der Waals surface area contributed by atoms with Crippen LogP contribution in [-0.2, 0) is 9.53 Å². The van der Waals surface area contributed by atoms with E-state index in [-0.39, 0.29) is 5.97 Å². The van der Waals surface area contributed by atoms with Crippen LogP contribution in [0.2, 0.25) is 0 Å². The highest BCUT2D eigenvalue weighted by molar-refractivity contribution is 5.69. The van der Waals surface area contributed by atoms with Crippen molar-refractivity contribution in [1.29, 1.82) is 5.26 Å². The van der Waals surface area contributed by atoms with Gasteiger partial charge in [-0.25, -0.2) is 0 Å². The lowest BCUT2D eigenvalue weighted by Gasteiger charge is -2.16. The molecule has 0 fully saturated rings. The summed E-state index contributed by atoms with van der Waals surface area (Å²) in [5.74, 6) is 0.565. The molecule has 0 aromatic heterocycles. The van der Waals surface area contributed by atoms with Gasteiger partial charge in [-0.3, -0.25) is 4.79 Å². The number of carbonyl (C=O) groups excluding carboxylic acids is 1. The number of hydrogen-bond acceptors (Lipinski definition) is 5. The molecule has 0 unspecified atom stereocenters. The topological polar surface area (TPSA) is 62.6 Å². The van der Waals surface area contributed by atoms with Crippen LogP contribution in [0.3, 0.4) is 0 Å². The Bertz CT molecular complexity index is 451. The molecule has 0 aliphatic rings. The zero-order valence-electron chi connectivity index (χ0n) is 12.0. The van der Waals surface area contributed by atoms with Gasteiger partial charge in [-0.1, -0.05) is 0 Å². The number of rotatable bonds is 8. The standard InChI is InChI=1S/C15H20N2O3/c1-3-19-15(18)8-9-17(2)10-11-20-14-6-4-13(12-16)5-7-14/h4-7H,3,8-11H2,1-2H3. The highest BCUT2D eigenvalue weighted by Crippen LogP contribution is 2.11. The first-order valence-corrected chi connectivity index (χ1v) is 6.63. The first-order valence-electron chi connectivity index (χ1n) is 6.63. The first-order chi connectivity index (χ1) is 9.65. The fourth-order valence-corrected chi connectivity index (χ4v) is 1.57. The molecule has 0 N–H and O–H groups in total. The Kier molecular flexibility index (Phi) is 7.15. The average molecular weight is 276 g/mol. The largest absolute Gasteiger partial charge is 0.492 e. The van der Waals surface area contributed by atoms with Gasteiger partial charge >= 0.3 is 5.97 Å². The van der Waals surface area contributed by atoms with Crippen molar-refractivity contribution in [3.8, 4) is 11.8 Å². The van der Waals surface area contributed by atoms with E-state index in [9.17, 15) is 4.79 Å². The van der Waals surface area contributed by atoms with Crippen LogP contribution in [0.25, 0.3) is 0 Å². The van der Waals surface area contributed by atoms with Crippen LogP contribution in [0.4, 0.5) is 0 Å². The summed E-state index contributed by atoms with van der Waals surface area (Å²) in [4.78, 5) is 13.2. The molecule has 0 spiro atoms. The highest BCUT2D eigenvalue weighted by Gasteiger charge is 2.05. The molecule has 0 bridgehead atoms. The molecule has 108 valence electrons. The first kappa shape index (κ1) is 16.0. The molecule has 0 atom stereocenters. The summed E-state index contributed by atoms with van der Waals surface area (Å²) >= 11 is 0. The van der Waals surface area contributed by atoms with Crippen LogP contribution in [0.5, 0.6) is 5.75 Å². The van der Waals surface area contributed by atoms with E-state index in [1.54, 1.807) is 31.2 Å². The molecule has 0 radical (unpaired) electrons. The molecular formula is C15H20N2O3. The van der Waals surface area contributed by atoms with Crippen molar-refractivity contribution in [2.75, 3.05) is 33.4 Å². The Hall–Kier alpha value is -2.06. The second kappa shape index (κ2) is 8.94. The summed E-state index contributed by atoms with van der Waals surface area (Å²) < 4.78 is 10.4. The molecule has 0 saturated carbocycles. The van der Waals surface area contributed by atoms with Crippen LogP contribution in [0.15, 0.2) is 24.3 Å². The number of nitriles is 1. The van der Waals surface area contributed by atoms with E-state index in [1.165, 1.54) is 0 Å². The Morgan fingerprint density at radius 3 is 2.60 bits per heavy atom. The summed E-state index contributed by atoms with van der Waals surface area (Å²) in [6.45, 7) is 4.12. The number of benzene rings is 1. The fraction of sp³-hybridized carbons (Fsp3) is 0.467. The van der Waals surface area contributed by atoms with Crippen LogP contribution in [0, 0.1) is 11.3 Å². The lowest BCUT2D eigenvalue weighted by atomic mass is 10.2. The maximum atomic E-state index is 11.2. The Labute approximate surface area is 119 Å². The van der Waals surface area contributed by atoms with Crippen LogP contribution < -0.4 is 4.74 Å². The summed E-state index contributed by atoms with van der Waals surface area (Å²) in [5.41, 5.74) is 0.615. The lowest BCUT2D eigenvalue weighted by molar-refractivity contribution is -0.143. The van der Waals surface area contributed by atoms with Crippen LogP contribution in [-0.4, -0.2) is 44.2 Å². The smallest absolute Gasteiger partial charge is 0.307 e. The maximum absolute atomic E-state index is 11.2. The van der Waals surface area contributed by atoms with Gasteiger partial charge in [-0.2, -0.15) is 5.26 Å². The summed E-state index contributed by atoms with van der Waals surface area (Å²) in [5, 5.41) is 8.68. The van der Waals surface area contributed by atoms with E-state index < -0.39 is 0 Å². The lowest BCUT2D eigenvalue weighted by Crippen LogP contribution is -2.27. The quantitative estimate of drug-likeness (QED) is 0.678. The SMILES string of the molecule is CCOC(=O)CCN(C)CCOc1ccc(C#N)cc1. The Morgan fingerprint density at radius 2 is 2.00 bits per heavy atom. The normalized spacial score (nSPS) is 10.1. The molecule has 0 aliphatic carbocycles. The maximum Gasteiger partial charge on any atom is 0.307 e. The molecule has 5 heteroatoms. The van der Waals surface area contributed by atoms with Gasteiger partial charge < -0.3 is 14.4 Å². The van der Waals surface area contributed by atoms with Crippen molar-refractivity contribution in [3.05, 3.63) is 29.8 Å². The number of esters is 1. The number of nitrogens with zero attached hydrogens (tertiary/aromatic N) is 2. The Balaban J connectivity index is 2.19. The minimum Gasteiger partial charge on any atom is -0.492 e. The van der Waals surface area contributed by atoms with Crippen LogP contribution >= 0.6 is 0 Å². The average Bonchev–Trinajstić information content (AvgIpc) is 2.46. The van der Waals surface area contributed by atoms with Crippen molar-refractivity contribution in [2.45, 2.75) is 13.3 Å². The minimum absolute atomic E-state index is 0.174. The molecule has 1 aromatic rings. The van der Waals surface area contributed by atoms with Gasteiger partial charge in [0, 0.05) is 13.1 Å². The number of carbonyl (C=O) groups is 1. The third kappa shape index (κ3) is 6.21. The highest BCUT2D eigenvalue weighted by atomic mass is 16.5. The number of ether oxygens (including phenoxy) is 2. The minimum atomic E-state index is -0.174. The van der Waals surface area contributed by atoms with Crippen molar-refractivity contribution in [2.24, 2.45) is 0 Å². The predicted molar refractivity (Wildman–Crippen MR) is 75.4 cm³/mol. The molecule has 0 heterocycles. The monoisotopic (exact) mass is 276 g/mol. The van der Waals surface area contributed by atoms with E-state index in [0.29, 0.717) is 31.7 Å². The van der Waals surface area contributed by atoms with Crippen molar-refractivity contribution >= 4 is 5.97 Å². The van der Waals surface area contributed by atoms with Crippen molar-refractivity contribution < 1.29 is 14.3 Å². The van der Waals surface area contributed by atoms with E-state index in [0.717, 1.165) is 12.3 Å². The van der Waals surface area contributed by atoms with Crippen molar-refractivity contribution in [1.82, 2.24) is 4.90 Å². The zero-order valence-corrected chi connectivity index (χ0v) is 12.0. The Morgan fingerprint density at radius 1 is 1.30 bits per heavy atom. The van der Waals surface area contributed by atoms with E-state index in [1.807, 2.05) is 11.9 Å². The van der Waals surface area contributed by atoms with E-state index in [2.05, 4.69) is 6.07 Å². The zero-order chi connectivity index (χ0) is 14.8. The molecule has 1 aromatic carbocycles. The van der Waals surface area contributed by atoms with Gasteiger partial charge in [0.15, 0.2) is 0 Å². The molecule has 0 saturated heterocycles. The van der Waals surface area contributed by atoms with Gasteiger partial charge in [0.1, 0.15) is 12.4 Å². The molecule has 0 aliphatic heterocycles. The molecule has 20 heavy (non-hydrogen) atoms. The van der Waals surface area contributed by atoms with E-state index in [4.69, 9.17) is 14.7 Å². The number of hydrogen-bond donors (Lipinski definition) is 0. The van der Waals surface area contributed by atoms with E-state index >= 15 is 0 Å². The summed E-state index contributed by atoms with van der Waals surface area (Å²) in [6.07, 6.45) is 0.390. The fourth-order valence-electron chi connectivity index (χ4n) is 1.57. The van der Waals surface area contributed by atoms with Gasteiger partial charge in [0.2, 0.25) is 0 Å². The predicted octanol–water partition coefficient (Wildman–Crippen LogP) is 1.82. The summed E-state index contributed by atoms with van der Waals surface area (Å²) in [6, 6.07) is 9.05. The third-order valence-corrected chi connectivity index (χ3v) is 2.73. The van der Waals surface area contributed by atoms with Crippen LogP contribution in [0.1, 0.15) is 18.9 Å². The number of likely N-dealkylation sites (N-methyl/N-ethyl adjacent to an activating group) is 1. The van der Waals surface area contributed by atoms with Gasteiger partial charge in [0.25, 0.3) is 0 Å². The summed E-state index contributed by atoms with van der Waals surface area (Å²) in [7, 11) is 1.93. The van der Waals surface area contributed by atoms with Crippen molar-refractivity contribution in [3.63, 3.8) is 0 Å². The molecule has 1 rings (SSSR count). The third-order valence-electron chi connectivity index (χ3n) is 2.73. The molecule has 0 amide bonds. The van der Waals surface area contributed by atoms with Gasteiger partial charge in [0.05, 0.1) is 24.7 Å². The van der Waals surface area contributed by atoms with Gasteiger partial charge in [-0.15, -0.1) is 0 Å².